The molecule has 0 spiro atoms. The van der Waals surface area contributed by atoms with Gasteiger partial charge < -0.3 is 24.8 Å². The van der Waals surface area contributed by atoms with E-state index in [1.165, 1.54) is 12.3 Å². The molecule has 0 amide bonds. The Morgan fingerprint density at radius 2 is 1.86 bits per heavy atom. The second kappa shape index (κ2) is 14.0. The summed E-state index contributed by atoms with van der Waals surface area (Å²) >= 11 is 0. The highest BCUT2D eigenvalue weighted by Crippen LogP contribution is 2.16. The van der Waals surface area contributed by atoms with Crippen molar-refractivity contribution in [3.8, 4) is 5.88 Å². The van der Waals surface area contributed by atoms with Gasteiger partial charge in [-0.1, -0.05) is 19.4 Å². The molecule has 0 radical (unpaired) electrons. The van der Waals surface area contributed by atoms with E-state index in [1.54, 1.807) is 13.1 Å². The maximum Gasteiger partial charge on any atom is 0.422 e. The number of alkyl halides is 3. The van der Waals surface area contributed by atoms with Crippen LogP contribution in [0.4, 0.5) is 13.2 Å². The van der Waals surface area contributed by atoms with Gasteiger partial charge in [0.1, 0.15) is 0 Å². The van der Waals surface area contributed by atoms with Crippen molar-refractivity contribution in [2.75, 3.05) is 46.6 Å². The number of aliphatic imine (C=N–C) groups is 1. The molecule has 1 rings (SSSR count). The lowest BCUT2D eigenvalue weighted by molar-refractivity contribution is -0.154. The van der Waals surface area contributed by atoms with Crippen molar-refractivity contribution in [2.45, 2.75) is 32.5 Å². The summed E-state index contributed by atoms with van der Waals surface area (Å²) in [5.41, 5.74) is 0.780. The van der Waals surface area contributed by atoms with Gasteiger partial charge in [-0.05, 0) is 12.0 Å². The number of pyridine rings is 1. The van der Waals surface area contributed by atoms with E-state index in [9.17, 15) is 13.2 Å². The van der Waals surface area contributed by atoms with Crippen molar-refractivity contribution >= 4 is 5.96 Å². The smallest absolute Gasteiger partial charge is 0.422 e. The van der Waals surface area contributed by atoms with Crippen LogP contribution in [-0.4, -0.2) is 63.7 Å². The number of ether oxygens (including phenoxy) is 3. The van der Waals surface area contributed by atoms with E-state index in [4.69, 9.17) is 9.47 Å². The third kappa shape index (κ3) is 12.3. The van der Waals surface area contributed by atoms with Gasteiger partial charge in [-0.2, -0.15) is 13.2 Å². The van der Waals surface area contributed by atoms with Crippen molar-refractivity contribution in [1.29, 1.82) is 0 Å². The lowest BCUT2D eigenvalue weighted by Crippen LogP contribution is -2.38. The molecule has 0 aliphatic rings. The van der Waals surface area contributed by atoms with Gasteiger partial charge in [0.15, 0.2) is 12.6 Å². The number of hydrogen-bond donors (Lipinski definition) is 2. The number of aromatic nitrogens is 1. The molecule has 28 heavy (non-hydrogen) atoms. The molecule has 1 heterocycles. The fraction of sp³-hybridized carbons (Fsp3) is 0.667. The highest BCUT2D eigenvalue weighted by atomic mass is 19.4. The Morgan fingerprint density at radius 1 is 1.11 bits per heavy atom. The van der Waals surface area contributed by atoms with E-state index in [-0.39, 0.29) is 5.88 Å². The van der Waals surface area contributed by atoms with Crippen molar-refractivity contribution in [3.63, 3.8) is 0 Å². The first-order valence-electron chi connectivity index (χ1n) is 9.19. The van der Waals surface area contributed by atoms with Crippen molar-refractivity contribution in [3.05, 3.63) is 23.9 Å². The lowest BCUT2D eigenvalue weighted by Gasteiger charge is -2.12. The standard InChI is InChI=1S/C18H29F3N4O3/c1-3-4-8-26-10-11-27-9-7-23-17(22-2)25-13-15-5-6-16(24-12-15)28-14-18(19,20)21/h5-6,12H,3-4,7-11,13-14H2,1-2H3,(H2,22,23,25). The highest BCUT2D eigenvalue weighted by molar-refractivity contribution is 5.79. The molecule has 1 aromatic rings. The zero-order chi connectivity index (χ0) is 20.7. The summed E-state index contributed by atoms with van der Waals surface area (Å²) in [5, 5.41) is 6.19. The Kier molecular flexibility index (Phi) is 12.0. The quantitative estimate of drug-likeness (QED) is 0.298. The van der Waals surface area contributed by atoms with E-state index in [2.05, 4.69) is 32.3 Å². The summed E-state index contributed by atoms with van der Waals surface area (Å²) in [6.07, 6.45) is -0.759. The van der Waals surface area contributed by atoms with E-state index in [0.29, 0.717) is 38.9 Å². The molecule has 0 aliphatic carbocycles. The monoisotopic (exact) mass is 406 g/mol. The minimum Gasteiger partial charge on any atom is -0.468 e. The molecule has 0 bridgehead atoms. The van der Waals surface area contributed by atoms with Gasteiger partial charge in [-0.3, -0.25) is 4.99 Å². The van der Waals surface area contributed by atoms with Gasteiger partial charge in [-0.25, -0.2) is 4.98 Å². The van der Waals surface area contributed by atoms with Gasteiger partial charge in [0.05, 0.1) is 19.8 Å². The molecule has 0 fully saturated rings. The predicted octanol–water partition coefficient (Wildman–Crippen LogP) is 2.52. The summed E-state index contributed by atoms with van der Waals surface area (Å²) < 4.78 is 51.7. The summed E-state index contributed by atoms with van der Waals surface area (Å²) in [4.78, 5) is 7.94. The van der Waals surface area contributed by atoms with Crippen LogP contribution in [0.25, 0.3) is 0 Å². The Hall–Kier alpha value is -2.07. The van der Waals surface area contributed by atoms with Crippen LogP contribution in [-0.2, 0) is 16.0 Å². The number of hydrogen-bond acceptors (Lipinski definition) is 5. The van der Waals surface area contributed by atoms with E-state index >= 15 is 0 Å². The number of nitrogens with zero attached hydrogens (tertiary/aromatic N) is 2. The summed E-state index contributed by atoms with van der Waals surface area (Å²) in [6.45, 7) is 4.17. The van der Waals surface area contributed by atoms with Gasteiger partial charge in [0, 0.05) is 39.0 Å². The molecule has 1 aromatic heterocycles. The average molecular weight is 406 g/mol. The number of halogens is 3. The van der Waals surface area contributed by atoms with Crippen LogP contribution in [0.3, 0.4) is 0 Å². The van der Waals surface area contributed by atoms with E-state index in [1.807, 2.05) is 0 Å². The first-order chi connectivity index (χ1) is 13.4. The predicted molar refractivity (Wildman–Crippen MR) is 101 cm³/mol. The molecule has 0 saturated heterocycles. The SMILES string of the molecule is CCCCOCCOCCNC(=NC)NCc1ccc(OCC(F)(F)F)nc1. The maximum atomic E-state index is 12.1. The van der Waals surface area contributed by atoms with Crippen LogP contribution in [0.5, 0.6) is 5.88 Å². The molecule has 0 aromatic carbocycles. The van der Waals surface area contributed by atoms with Gasteiger partial charge in [0.2, 0.25) is 5.88 Å². The molecular formula is C18H29F3N4O3. The first-order valence-corrected chi connectivity index (χ1v) is 9.19. The van der Waals surface area contributed by atoms with Gasteiger partial charge in [0.25, 0.3) is 0 Å². The fourth-order valence-electron chi connectivity index (χ4n) is 1.97. The summed E-state index contributed by atoms with van der Waals surface area (Å²) in [5.74, 6) is 0.514. The van der Waals surface area contributed by atoms with Crippen LogP contribution in [0.1, 0.15) is 25.3 Å². The minimum absolute atomic E-state index is 0.0700. The Bertz CT molecular complexity index is 554. The van der Waals surface area contributed by atoms with Crippen molar-refractivity contribution < 1.29 is 27.4 Å². The maximum absolute atomic E-state index is 12.1. The largest absolute Gasteiger partial charge is 0.468 e. The second-order valence-electron chi connectivity index (χ2n) is 5.84. The van der Waals surface area contributed by atoms with Crippen molar-refractivity contribution in [2.24, 2.45) is 4.99 Å². The lowest BCUT2D eigenvalue weighted by atomic mass is 10.3. The molecule has 10 heteroatoms. The molecular weight excluding hydrogens is 377 g/mol. The van der Waals surface area contributed by atoms with Crippen molar-refractivity contribution in [1.82, 2.24) is 15.6 Å². The van der Waals surface area contributed by atoms with E-state index < -0.39 is 12.8 Å². The van der Waals surface area contributed by atoms with E-state index in [0.717, 1.165) is 25.0 Å². The molecule has 0 aliphatic heterocycles. The number of nitrogens with one attached hydrogen (secondary N) is 2. The Morgan fingerprint density at radius 3 is 2.46 bits per heavy atom. The zero-order valence-electron chi connectivity index (χ0n) is 16.3. The third-order valence-corrected chi connectivity index (χ3v) is 3.42. The number of unbranched alkanes of at least 4 members (excludes halogenated alkanes) is 1. The van der Waals surface area contributed by atoms with Crippen LogP contribution in [0, 0.1) is 0 Å². The summed E-state index contributed by atoms with van der Waals surface area (Å²) in [7, 11) is 1.64. The Balaban J connectivity index is 2.17. The number of rotatable bonds is 13. The molecule has 0 atom stereocenters. The second-order valence-corrected chi connectivity index (χ2v) is 5.84. The normalized spacial score (nSPS) is 12.1. The van der Waals surface area contributed by atoms with Crippen LogP contribution < -0.4 is 15.4 Å². The minimum atomic E-state index is -4.38. The van der Waals surface area contributed by atoms with Crippen LogP contribution >= 0.6 is 0 Å². The highest BCUT2D eigenvalue weighted by Gasteiger charge is 2.28. The Labute approximate surface area is 163 Å². The topological polar surface area (TPSA) is 77.0 Å². The first kappa shape index (κ1) is 24.0. The number of guanidine groups is 1. The van der Waals surface area contributed by atoms with Crippen LogP contribution in [0.15, 0.2) is 23.3 Å². The van der Waals surface area contributed by atoms with Gasteiger partial charge >= 0.3 is 6.18 Å². The summed E-state index contributed by atoms with van der Waals surface area (Å²) in [6, 6.07) is 3.04. The molecule has 160 valence electrons. The molecule has 7 nitrogen and oxygen atoms in total. The third-order valence-electron chi connectivity index (χ3n) is 3.42. The molecule has 2 N–H and O–H groups in total. The fourth-order valence-corrected chi connectivity index (χ4v) is 1.97. The molecule has 0 unspecified atom stereocenters. The molecule has 0 saturated carbocycles. The average Bonchev–Trinajstić information content (AvgIpc) is 2.67. The zero-order valence-corrected chi connectivity index (χ0v) is 16.3. The van der Waals surface area contributed by atoms with Gasteiger partial charge in [-0.15, -0.1) is 0 Å². The van der Waals surface area contributed by atoms with Crippen LogP contribution in [0.2, 0.25) is 0 Å².